The molecule has 12 heavy (non-hydrogen) atoms. The number of hydrogen-bond donors (Lipinski definition) is 0. The Morgan fingerprint density at radius 2 is 1.75 bits per heavy atom. The Morgan fingerprint density at radius 1 is 1.17 bits per heavy atom. The van der Waals surface area contributed by atoms with E-state index < -0.39 is 5.92 Å². The van der Waals surface area contributed by atoms with Crippen LogP contribution in [-0.4, -0.2) is 28.5 Å². The summed E-state index contributed by atoms with van der Waals surface area (Å²) in [6, 6.07) is 3.77. The molecule has 0 spiro atoms. The first kappa shape index (κ1) is 7.73. The van der Waals surface area contributed by atoms with Crippen LogP contribution in [-0.2, 0) is 6.67 Å². The van der Waals surface area contributed by atoms with Gasteiger partial charge in [-0.25, -0.2) is 8.78 Å². The van der Waals surface area contributed by atoms with Crippen LogP contribution in [0.5, 0.6) is 0 Å². The van der Waals surface area contributed by atoms with E-state index in [0.29, 0.717) is 6.67 Å². The van der Waals surface area contributed by atoms with Gasteiger partial charge in [0.25, 0.3) is 5.92 Å². The van der Waals surface area contributed by atoms with Crippen molar-refractivity contribution >= 4 is 0 Å². The van der Waals surface area contributed by atoms with E-state index in [1.807, 2.05) is 29.1 Å². The fourth-order valence-corrected chi connectivity index (χ4v) is 1.40. The summed E-state index contributed by atoms with van der Waals surface area (Å²) in [5.74, 6) is -2.45. The van der Waals surface area contributed by atoms with Crippen LogP contribution < -0.4 is 0 Å². The number of halogens is 2. The van der Waals surface area contributed by atoms with E-state index in [1.165, 1.54) is 0 Å². The zero-order valence-electron chi connectivity index (χ0n) is 6.58. The molecule has 1 aromatic heterocycles. The molecule has 1 saturated heterocycles. The lowest BCUT2D eigenvalue weighted by Crippen LogP contribution is -2.56. The maximum absolute atomic E-state index is 12.4. The average Bonchev–Trinajstić information content (AvgIpc) is 2.35. The molecule has 66 valence electrons. The first-order valence-electron chi connectivity index (χ1n) is 3.87. The Bertz CT molecular complexity index is 248. The summed E-state index contributed by atoms with van der Waals surface area (Å²) in [5.41, 5.74) is 0. The highest BCUT2D eigenvalue weighted by molar-refractivity contribution is 4.92. The number of alkyl halides is 2. The molecular weight excluding hydrogens is 162 g/mol. The monoisotopic (exact) mass is 172 g/mol. The Balaban J connectivity index is 1.84. The van der Waals surface area contributed by atoms with Crippen LogP contribution >= 0.6 is 0 Å². The first-order chi connectivity index (χ1) is 5.66. The Labute approximate surface area is 69.4 Å². The summed E-state index contributed by atoms with van der Waals surface area (Å²) in [7, 11) is 0. The number of nitrogens with zero attached hydrogens (tertiary/aromatic N) is 2. The zero-order chi connectivity index (χ0) is 8.60. The molecule has 4 heteroatoms. The van der Waals surface area contributed by atoms with Crippen molar-refractivity contribution in [2.45, 2.75) is 12.6 Å². The molecule has 1 fully saturated rings. The third kappa shape index (κ3) is 1.48. The van der Waals surface area contributed by atoms with Gasteiger partial charge in [-0.15, -0.1) is 0 Å². The summed E-state index contributed by atoms with van der Waals surface area (Å²) in [6.45, 7) is 0.360. The molecule has 0 N–H and O–H groups in total. The van der Waals surface area contributed by atoms with E-state index in [0.717, 1.165) is 0 Å². The highest BCUT2D eigenvalue weighted by Crippen LogP contribution is 2.26. The van der Waals surface area contributed by atoms with Gasteiger partial charge in [0.15, 0.2) is 0 Å². The first-order valence-corrected chi connectivity index (χ1v) is 3.87. The van der Waals surface area contributed by atoms with E-state index in [9.17, 15) is 8.78 Å². The third-order valence-corrected chi connectivity index (χ3v) is 1.94. The normalized spacial score (nSPS) is 22.2. The fraction of sp³-hybridized carbons (Fsp3) is 0.500. The van der Waals surface area contributed by atoms with E-state index in [1.54, 1.807) is 4.90 Å². The summed E-state index contributed by atoms with van der Waals surface area (Å²) < 4.78 is 26.6. The lowest BCUT2D eigenvalue weighted by molar-refractivity contribution is -0.141. The molecule has 0 aromatic carbocycles. The molecule has 0 unspecified atom stereocenters. The van der Waals surface area contributed by atoms with Gasteiger partial charge < -0.3 is 4.57 Å². The van der Waals surface area contributed by atoms with Gasteiger partial charge in [-0.05, 0) is 12.1 Å². The highest BCUT2D eigenvalue weighted by Gasteiger charge is 2.43. The van der Waals surface area contributed by atoms with Crippen molar-refractivity contribution < 1.29 is 8.78 Å². The minimum atomic E-state index is -2.45. The van der Waals surface area contributed by atoms with E-state index >= 15 is 0 Å². The van der Waals surface area contributed by atoms with Gasteiger partial charge in [0.1, 0.15) is 0 Å². The van der Waals surface area contributed by atoms with Crippen molar-refractivity contribution in [3.05, 3.63) is 24.5 Å². The van der Waals surface area contributed by atoms with Gasteiger partial charge >= 0.3 is 0 Å². The quantitative estimate of drug-likeness (QED) is 0.654. The molecule has 2 rings (SSSR count). The number of rotatable bonds is 2. The molecule has 2 heterocycles. The maximum Gasteiger partial charge on any atom is 0.273 e. The van der Waals surface area contributed by atoms with Crippen LogP contribution in [0, 0.1) is 0 Å². The van der Waals surface area contributed by atoms with Gasteiger partial charge in [-0.3, -0.25) is 4.90 Å². The van der Waals surface area contributed by atoms with Gasteiger partial charge in [-0.1, -0.05) is 0 Å². The van der Waals surface area contributed by atoms with Crippen molar-refractivity contribution in [2.75, 3.05) is 13.1 Å². The molecule has 0 aliphatic carbocycles. The highest BCUT2D eigenvalue weighted by atomic mass is 19.3. The van der Waals surface area contributed by atoms with E-state index in [4.69, 9.17) is 0 Å². The summed E-state index contributed by atoms with van der Waals surface area (Å²) >= 11 is 0. The summed E-state index contributed by atoms with van der Waals surface area (Å²) in [6.07, 6.45) is 3.74. The molecule has 1 aliphatic rings. The van der Waals surface area contributed by atoms with Gasteiger partial charge in [0.2, 0.25) is 0 Å². The number of aromatic nitrogens is 1. The van der Waals surface area contributed by atoms with Crippen molar-refractivity contribution in [3.8, 4) is 0 Å². The summed E-state index contributed by atoms with van der Waals surface area (Å²) in [4.78, 5) is 1.71. The van der Waals surface area contributed by atoms with Crippen molar-refractivity contribution in [2.24, 2.45) is 0 Å². The molecule has 0 saturated carbocycles. The minimum Gasteiger partial charge on any atom is -0.341 e. The Morgan fingerprint density at radius 3 is 2.25 bits per heavy atom. The standard InChI is InChI=1S/C8H10F2N2/c9-8(10)5-12(6-8)7-11-3-1-2-4-11/h1-4H,5-7H2. The van der Waals surface area contributed by atoms with Crippen LogP contribution in [0.2, 0.25) is 0 Å². The molecule has 1 aliphatic heterocycles. The smallest absolute Gasteiger partial charge is 0.273 e. The second-order valence-corrected chi connectivity index (χ2v) is 3.18. The zero-order valence-corrected chi connectivity index (χ0v) is 6.58. The molecule has 0 bridgehead atoms. The van der Waals surface area contributed by atoms with Gasteiger partial charge in [-0.2, -0.15) is 0 Å². The van der Waals surface area contributed by atoms with E-state index in [2.05, 4.69) is 0 Å². The lowest BCUT2D eigenvalue weighted by Gasteiger charge is -2.38. The Kier molecular flexibility index (Phi) is 1.65. The van der Waals surface area contributed by atoms with Crippen LogP contribution in [0.25, 0.3) is 0 Å². The third-order valence-electron chi connectivity index (χ3n) is 1.94. The van der Waals surface area contributed by atoms with Crippen LogP contribution in [0.1, 0.15) is 0 Å². The predicted octanol–water partition coefficient (Wildman–Crippen LogP) is 1.40. The molecule has 2 nitrogen and oxygen atoms in total. The number of hydrogen-bond acceptors (Lipinski definition) is 1. The number of likely N-dealkylation sites (tertiary alicyclic amines) is 1. The molecule has 0 atom stereocenters. The van der Waals surface area contributed by atoms with Crippen LogP contribution in [0.15, 0.2) is 24.5 Å². The predicted molar refractivity (Wildman–Crippen MR) is 41.0 cm³/mol. The second kappa shape index (κ2) is 2.55. The van der Waals surface area contributed by atoms with Gasteiger partial charge in [0.05, 0.1) is 19.8 Å². The van der Waals surface area contributed by atoms with Crippen LogP contribution in [0.4, 0.5) is 8.78 Å². The molecule has 0 radical (unpaired) electrons. The summed E-state index contributed by atoms with van der Waals surface area (Å²) in [5, 5.41) is 0. The Hall–Kier alpha value is -0.900. The fourth-order valence-electron chi connectivity index (χ4n) is 1.40. The van der Waals surface area contributed by atoms with Crippen molar-refractivity contribution in [1.29, 1.82) is 0 Å². The van der Waals surface area contributed by atoms with Crippen molar-refractivity contribution in [1.82, 2.24) is 9.47 Å². The van der Waals surface area contributed by atoms with Crippen LogP contribution in [0.3, 0.4) is 0 Å². The van der Waals surface area contributed by atoms with Crippen molar-refractivity contribution in [3.63, 3.8) is 0 Å². The average molecular weight is 172 g/mol. The van der Waals surface area contributed by atoms with Gasteiger partial charge in [0, 0.05) is 12.4 Å². The molecule has 0 amide bonds. The maximum atomic E-state index is 12.4. The molecule has 1 aromatic rings. The molecular formula is C8H10F2N2. The van der Waals surface area contributed by atoms with E-state index in [-0.39, 0.29) is 13.1 Å². The lowest BCUT2D eigenvalue weighted by atomic mass is 10.2. The largest absolute Gasteiger partial charge is 0.341 e. The topological polar surface area (TPSA) is 8.17 Å². The second-order valence-electron chi connectivity index (χ2n) is 3.18. The SMILES string of the molecule is FC1(F)CN(Cn2cccc2)C1. The minimum absolute atomic E-state index is 0.106.